The van der Waals surface area contributed by atoms with E-state index < -0.39 is 28.5 Å². The number of carbonyl (C=O) groups excluding carboxylic acids is 2. The first kappa shape index (κ1) is 32.5. The molecule has 0 aliphatic carbocycles. The van der Waals surface area contributed by atoms with E-state index in [1.54, 1.807) is 12.1 Å². The van der Waals surface area contributed by atoms with Crippen LogP contribution in [0.4, 0.5) is 5.69 Å². The first-order chi connectivity index (χ1) is 19.9. The lowest BCUT2D eigenvalue weighted by molar-refractivity contribution is -0.140. The van der Waals surface area contributed by atoms with Gasteiger partial charge in [-0.05, 0) is 36.1 Å². The number of anilines is 1. The Labute approximate surface area is 249 Å². The second kappa shape index (κ2) is 14.7. The minimum Gasteiger partial charge on any atom is -0.497 e. The van der Waals surface area contributed by atoms with Crippen LogP contribution in [0.25, 0.3) is 0 Å². The molecule has 1 N–H and O–H groups in total. The molecule has 3 aromatic rings. The topological polar surface area (TPSA) is 105 Å². The van der Waals surface area contributed by atoms with Crippen molar-refractivity contribution in [1.29, 1.82) is 0 Å². The third-order valence-corrected chi connectivity index (χ3v) is 7.89. The van der Waals surface area contributed by atoms with E-state index in [9.17, 15) is 18.0 Å². The maximum absolute atomic E-state index is 14.2. The molecule has 0 spiro atoms. The number of aryl methyl sites for hydroxylation is 1. The average molecular weight is 596 g/mol. The molecule has 0 fully saturated rings. The molecular weight excluding hydrogens is 554 g/mol. The lowest BCUT2D eigenvalue weighted by atomic mass is 10.0. The summed E-state index contributed by atoms with van der Waals surface area (Å²) in [5.41, 5.74) is 2.90. The van der Waals surface area contributed by atoms with E-state index in [-0.39, 0.29) is 36.2 Å². The van der Waals surface area contributed by atoms with E-state index in [0.717, 1.165) is 27.3 Å². The summed E-state index contributed by atoms with van der Waals surface area (Å²) in [5, 5.41) is 2.98. The molecule has 226 valence electrons. The molecule has 9 nitrogen and oxygen atoms in total. The van der Waals surface area contributed by atoms with E-state index in [0.29, 0.717) is 12.3 Å². The van der Waals surface area contributed by atoms with Crippen molar-refractivity contribution in [2.75, 3.05) is 37.9 Å². The maximum atomic E-state index is 14.2. The van der Waals surface area contributed by atoms with Crippen LogP contribution in [-0.2, 0) is 32.6 Å². The van der Waals surface area contributed by atoms with Gasteiger partial charge in [-0.2, -0.15) is 0 Å². The van der Waals surface area contributed by atoms with Crippen LogP contribution in [0.5, 0.6) is 11.5 Å². The van der Waals surface area contributed by atoms with Gasteiger partial charge in [-0.1, -0.05) is 74.0 Å². The second-order valence-corrected chi connectivity index (χ2v) is 12.6. The third-order valence-electron chi connectivity index (χ3n) is 6.76. The van der Waals surface area contributed by atoms with Crippen molar-refractivity contribution in [1.82, 2.24) is 10.2 Å². The van der Waals surface area contributed by atoms with E-state index in [1.165, 1.54) is 25.2 Å². The predicted molar refractivity (Wildman–Crippen MR) is 165 cm³/mol. The number of carbonyl (C=O) groups is 2. The highest BCUT2D eigenvalue weighted by Gasteiger charge is 2.34. The minimum atomic E-state index is -3.96. The largest absolute Gasteiger partial charge is 0.497 e. The van der Waals surface area contributed by atoms with E-state index in [4.69, 9.17) is 9.47 Å². The predicted octanol–water partition coefficient (Wildman–Crippen LogP) is 4.19. The van der Waals surface area contributed by atoms with Crippen LogP contribution in [0.1, 0.15) is 30.5 Å². The van der Waals surface area contributed by atoms with Crippen molar-refractivity contribution in [2.24, 2.45) is 5.92 Å². The molecule has 3 aromatic carbocycles. The second-order valence-electron chi connectivity index (χ2n) is 10.7. The molecule has 10 heteroatoms. The molecule has 0 aromatic heterocycles. The van der Waals surface area contributed by atoms with Crippen molar-refractivity contribution in [2.45, 2.75) is 39.8 Å². The van der Waals surface area contributed by atoms with Crippen molar-refractivity contribution in [3.8, 4) is 11.5 Å². The molecule has 1 atom stereocenters. The number of sulfonamides is 1. The summed E-state index contributed by atoms with van der Waals surface area (Å²) in [6.45, 7) is 5.96. The molecule has 2 amide bonds. The smallest absolute Gasteiger partial charge is 0.244 e. The molecule has 0 unspecified atom stereocenters. The van der Waals surface area contributed by atoms with Crippen LogP contribution in [0.2, 0.25) is 0 Å². The van der Waals surface area contributed by atoms with Crippen LogP contribution in [0, 0.1) is 12.8 Å². The Kier molecular flexibility index (Phi) is 11.4. The quantitative estimate of drug-likeness (QED) is 0.300. The maximum Gasteiger partial charge on any atom is 0.244 e. The first-order valence-corrected chi connectivity index (χ1v) is 15.6. The molecule has 0 heterocycles. The number of amides is 2. The molecule has 0 bridgehead atoms. The Morgan fingerprint density at radius 3 is 2.14 bits per heavy atom. The molecule has 0 saturated carbocycles. The SMILES string of the molecule is COc1ccc(OC)c(N(CC(=O)N(Cc2ccc(C)cc2)[C@H](Cc2ccccc2)C(=O)NCC(C)C)S(C)(=O)=O)c1. The molecule has 42 heavy (non-hydrogen) atoms. The van der Waals surface area contributed by atoms with Gasteiger partial charge in [-0.3, -0.25) is 13.9 Å². The standard InChI is InChI=1S/C32H41N3O6S/c1-23(2)20-33-32(37)29(18-25-10-8-7-9-11-25)34(21-26-14-12-24(3)13-15-26)31(36)22-35(42(6,38)39)28-19-27(40-4)16-17-30(28)41-5/h7-17,19,23,29H,18,20-22H2,1-6H3,(H,33,37)/t29-/m1/s1. The highest BCUT2D eigenvalue weighted by atomic mass is 32.2. The highest BCUT2D eigenvalue weighted by Crippen LogP contribution is 2.34. The lowest BCUT2D eigenvalue weighted by Crippen LogP contribution is -2.53. The van der Waals surface area contributed by atoms with Gasteiger partial charge in [0.1, 0.15) is 24.1 Å². The Morgan fingerprint density at radius 2 is 1.57 bits per heavy atom. The van der Waals surface area contributed by atoms with E-state index in [1.807, 2.05) is 75.4 Å². The van der Waals surface area contributed by atoms with Crippen LogP contribution >= 0.6 is 0 Å². The third kappa shape index (κ3) is 8.97. The zero-order valence-electron chi connectivity index (χ0n) is 25.2. The highest BCUT2D eigenvalue weighted by molar-refractivity contribution is 7.92. The van der Waals surface area contributed by atoms with E-state index >= 15 is 0 Å². The fourth-order valence-electron chi connectivity index (χ4n) is 4.45. The summed E-state index contributed by atoms with van der Waals surface area (Å²) in [7, 11) is -1.07. The number of benzene rings is 3. The van der Waals surface area contributed by atoms with Gasteiger partial charge in [0.15, 0.2) is 0 Å². The van der Waals surface area contributed by atoms with Gasteiger partial charge in [0.2, 0.25) is 21.8 Å². The molecule has 0 aliphatic rings. The number of hydrogen-bond acceptors (Lipinski definition) is 6. The number of rotatable bonds is 14. The molecule has 0 saturated heterocycles. The van der Waals surface area contributed by atoms with Gasteiger partial charge in [-0.25, -0.2) is 8.42 Å². The van der Waals surface area contributed by atoms with Crippen LogP contribution in [0.3, 0.4) is 0 Å². The van der Waals surface area contributed by atoms with Crippen LogP contribution in [-0.4, -0.2) is 64.7 Å². The Hall–Kier alpha value is -4.05. The summed E-state index contributed by atoms with van der Waals surface area (Å²) < 4.78 is 38.0. The Balaban J connectivity index is 2.09. The summed E-state index contributed by atoms with van der Waals surface area (Å²) in [4.78, 5) is 29.4. The minimum absolute atomic E-state index is 0.110. The summed E-state index contributed by atoms with van der Waals surface area (Å²) in [6, 6.07) is 21.0. The van der Waals surface area contributed by atoms with Gasteiger partial charge in [0, 0.05) is 25.6 Å². The van der Waals surface area contributed by atoms with Gasteiger partial charge in [0.25, 0.3) is 0 Å². The number of methoxy groups -OCH3 is 2. The Morgan fingerprint density at radius 1 is 0.905 bits per heavy atom. The van der Waals surface area contributed by atoms with Crippen LogP contribution in [0.15, 0.2) is 72.8 Å². The van der Waals surface area contributed by atoms with Gasteiger partial charge in [0.05, 0.1) is 26.2 Å². The van der Waals surface area contributed by atoms with Crippen molar-refractivity contribution < 1.29 is 27.5 Å². The molecule has 0 radical (unpaired) electrons. The van der Waals surface area contributed by atoms with Crippen molar-refractivity contribution >= 4 is 27.5 Å². The van der Waals surface area contributed by atoms with Gasteiger partial charge < -0.3 is 19.7 Å². The number of nitrogens with zero attached hydrogens (tertiary/aromatic N) is 2. The van der Waals surface area contributed by atoms with Gasteiger partial charge >= 0.3 is 0 Å². The average Bonchev–Trinajstić information content (AvgIpc) is 2.96. The zero-order valence-corrected chi connectivity index (χ0v) is 26.0. The monoisotopic (exact) mass is 595 g/mol. The first-order valence-electron chi connectivity index (χ1n) is 13.8. The Bertz CT molecular complexity index is 1440. The van der Waals surface area contributed by atoms with Gasteiger partial charge in [-0.15, -0.1) is 0 Å². The molecule has 3 rings (SSSR count). The normalized spacial score (nSPS) is 12.0. The number of hydrogen-bond donors (Lipinski definition) is 1. The fraction of sp³-hybridized carbons (Fsp3) is 0.375. The van der Waals surface area contributed by atoms with Crippen molar-refractivity contribution in [3.63, 3.8) is 0 Å². The van der Waals surface area contributed by atoms with Crippen LogP contribution < -0.4 is 19.1 Å². The fourth-order valence-corrected chi connectivity index (χ4v) is 5.30. The molecule has 0 aliphatic heterocycles. The van der Waals surface area contributed by atoms with E-state index in [2.05, 4.69) is 5.32 Å². The lowest BCUT2D eigenvalue weighted by Gasteiger charge is -2.34. The number of ether oxygens (including phenoxy) is 2. The summed E-state index contributed by atoms with van der Waals surface area (Å²) in [6.07, 6.45) is 1.28. The summed E-state index contributed by atoms with van der Waals surface area (Å²) in [5.74, 6) is 0.0197. The van der Waals surface area contributed by atoms with Crippen molar-refractivity contribution in [3.05, 3.63) is 89.5 Å². The number of nitrogens with one attached hydrogen (secondary N) is 1. The zero-order chi connectivity index (χ0) is 30.9. The summed E-state index contributed by atoms with van der Waals surface area (Å²) >= 11 is 0. The molecular formula is C32H41N3O6S.